The van der Waals surface area contributed by atoms with E-state index in [2.05, 4.69) is 35.6 Å². The van der Waals surface area contributed by atoms with Crippen LogP contribution in [-0.2, 0) is 0 Å². The van der Waals surface area contributed by atoms with Crippen LogP contribution in [0.5, 0.6) is 5.75 Å². The number of anilines is 3. The van der Waals surface area contributed by atoms with Gasteiger partial charge in [0.15, 0.2) is 0 Å². The van der Waals surface area contributed by atoms with Gasteiger partial charge in [0.25, 0.3) is 5.91 Å². The number of hydrogen-bond acceptors (Lipinski definition) is 7. The molecular formula is C20H19F3N6O2. The standard InChI is InChI=1S/C20H19F3N6O2/c1-13-5-6-24-17(9-13)29-18-11-16(27-12-28-18)25-7-8-26-19(30)14-3-2-4-15(10-14)31-20(21,22)23/h2-6,9-12H,7-8H2,1H3,(H,26,30)(H2,24,25,27,28,29). The number of hydrogen-bond donors (Lipinski definition) is 3. The number of alkyl halides is 3. The Hall–Kier alpha value is -3.89. The lowest BCUT2D eigenvalue weighted by atomic mass is 10.2. The number of pyridine rings is 1. The van der Waals surface area contributed by atoms with Crippen molar-refractivity contribution in [3.05, 3.63) is 66.1 Å². The van der Waals surface area contributed by atoms with Gasteiger partial charge in [-0.15, -0.1) is 13.2 Å². The topological polar surface area (TPSA) is 101 Å². The number of benzene rings is 1. The summed E-state index contributed by atoms with van der Waals surface area (Å²) in [5, 5.41) is 8.72. The Morgan fingerprint density at radius 2 is 1.77 bits per heavy atom. The number of aryl methyl sites for hydroxylation is 1. The van der Waals surface area contributed by atoms with Crippen LogP contribution in [0.25, 0.3) is 0 Å². The first-order valence-corrected chi connectivity index (χ1v) is 9.18. The highest BCUT2D eigenvalue weighted by Crippen LogP contribution is 2.23. The Morgan fingerprint density at radius 3 is 2.55 bits per heavy atom. The summed E-state index contributed by atoms with van der Waals surface area (Å²) in [6.07, 6.45) is -1.75. The second-order valence-corrected chi connectivity index (χ2v) is 6.39. The van der Waals surface area contributed by atoms with E-state index in [1.165, 1.54) is 18.5 Å². The summed E-state index contributed by atoms with van der Waals surface area (Å²) in [6.45, 7) is 2.51. The molecule has 0 aliphatic heterocycles. The molecule has 3 rings (SSSR count). The quantitative estimate of drug-likeness (QED) is 0.467. The SMILES string of the molecule is Cc1ccnc(Nc2cc(NCCNC(=O)c3cccc(OC(F)(F)F)c3)ncn2)c1. The van der Waals surface area contributed by atoms with E-state index in [-0.39, 0.29) is 12.1 Å². The lowest BCUT2D eigenvalue weighted by Gasteiger charge is -2.11. The third-order valence-electron chi connectivity index (χ3n) is 3.89. The zero-order valence-electron chi connectivity index (χ0n) is 16.4. The van der Waals surface area contributed by atoms with E-state index in [0.29, 0.717) is 24.0 Å². The predicted molar refractivity (Wildman–Crippen MR) is 108 cm³/mol. The molecule has 1 aromatic carbocycles. The molecule has 0 fully saturated rings. The van der Waals surface area contributed by atoms with E-state index in [4.69, 9.17) is 0 Å². The van der Waals surface area contributed by atoms with Gasteiger partial charge in [-0.2, -0.15) is 0 Å². The second kappa shape index (κ2) is 9.74. The molecule has 0 atom stereocenters. The summed E-state index contributed by atoms with van der Waals surface area (Å²) in [5.41, 5.74) is 1.11. The largest absolute Gasteiger partial charge is 0.573 e. The summed E-state index contributed by atoms with van der Waals surface area (Å²) in [7, 11) is 0. The zero-order chi connectivity index (χ0) is 22.3. The summed E-state index contributed by atoms with van der Waals surface area (Å²) in [6, 6.07) is 10.3. The van der Waals surface area contributed by atoms with Crippen molar-refractivity contribution in [3.63, 3.8) is 0 Å². The number of nitrogens with one attached hydrogen (secondary N) is 3. The first-order valence-electron chi connectivity index (χ1n) is 9.18. The van der Waals surface area contributed by atoms with E-state index in [9.17, 15) is 18.0 Å². The molecule has 31 heavy (non-hydrogen) atoms. The fourth-order valence-electron chi connectivity index (χ4n) is 2.56. The minimum absolute atomic E-state index is 0.0564. The van der Waals surface area contributed by atoms with Gasteiger partial charge in [0, 0.05) is 30.9 Å². The van der Waals surface area contributed by atoms with Crippen LogP contribution in [0.3, 0.4) is 0 Å². The minimum Gasteiger partial charge on any atom is -0.406 e. The van der Waals surface area contributed by atoms with Gasteiger partial charge in [-0.05, 0) is 42.8 Å². The van der Waals surface area contributed by atoms with Crippen molar-refractivity contribution in [3.8, 4) is 5.75 Å². The fourth-order valence-corrected chi connectivity index (χ4v) is 2.56. The number of aromatic nitrogens is 3. The van der Waals surface area contributed by atoms with Gasteiger partial charge in [-0.1, -0.05) is 6.07 Å². The highest BCUT2D eigenvalue weighted by atomic mass is 19.4. The van der Waals surface area contributed by atoms with Gasteiger partial charge >= 0.3 is 6.36 Å². The van der Waals surface area contributed by atoms with Crippen molar-refractivity contribution in [2.75, 3.05) is 23.7 Å². The molecule has 0 aliphatic rings. The number of carbonyl (C=O) groups excluding carboxylic acids is 1. The number of halogens is 3. The Labute approximate surface area is 175 Å². The van der Waals surface area contributed by atoms with Crippen molar-refractivity contribution >= 4 is 23.4 Å². The number of rotatable bonds is 8. The first kappa shape index (κ1) is 21.8. The molecule has 3 aromatic rings. The molecule has 0 unspecified atom stereocenters. The molecule has 0 radical (unpaired) electrons. The van der Waals surface area contributed by atoms with Crippen molar-refractivity contribution in [1.29, 1.82) is 0 Å². The molecule has 0 spiro atoms. The first-order chi connectivity index (χ1) is 14.8. The number of amides is 1. The Bertz CT molecular complexity index is 1050. The molecule has 0 saturated heterocycles. The number of carbonyl (C=O) groups is 1. The van der Waals surface area contributed by atoms with Crippen LogP contribution >= 0.6 is 0 Å². The molecular weight excluding hydrogens is 413 g/mol. The second-order valence-electron chi connectivity index (χ2n) is 6.39. The molecule has 8 nitrogen and oxygen atoms in total. The van der Waals surface area contributed by atoms with Crippen LogP contribution in [-0.4, -0.2) is 40.3 Å². The van der Waals surface area contributed by atoms with Crippen molar-refractivity contribution in [1.82, 2.24) is 20.3 Å². The number of ether oxygens (including phenoxy) is 1. The van der Waals surface area contributed by atoms with Gasteiger partial charge in [-0.25, -0.2) is 15.0 Å². The van der Waals surface area contributed by atoms with Crippen molar-refractivity contribution < 1.29 is 22.7 Å². The Kier molecular flexibility index (Phi) is 6.85. The maximum absolute atomic E-state index is 12.3. The van der Waals surface area contributed by atoms with E-state index >= 15 is 0 Å². The molecule has 162 valence electrons. The van der Waals surface area contributed by atoms with Crippen LogP contribution in [0.4, 0.5) is 30.6 Å². The lowest BCUT2D eigenvalue weighted by molar-refractivity contribution is -0.274. The lowest BCUT2D eigenvalue weighted by Crippen LogP contribution is -2.29. The Balaban J connectivity index is 1.48. The Morgan fingerprint density at radius 1 is 1.00 bits per heavy atom. The van der Waals surface area contributed by atoms with Crippen molar-refractivity contribution in [2.24, 2.45) is 0 Å². The summed E-state index contributed by atoms with van der Waals surface area (Å²) in [4.78, 5) is 24.6. The normalized spacial score (nSPS) is 11.0. The maximum atomic E-state index is 12.3. The van der Waals surface area contributed by atoms with Crippen molar-refractivity contribution in [2.45, 2.75) is 13.3 Å². The van der Waals surface area contributed by atoms with E-state index in [1.807, 2.05) is 19.1 Å². The van der Waals surface area contributed by atoms with Gasteiger partial charge in [0.1, 0.15) is 29.5 Å². The molecule has 0 aliphatic carbocycles. The van der Waals surface area contributed by atoms with Crippen LogP contribution in [0.2, 0.25) is 0 Å². The summed E-state index contributed by atoms with van der Waals surface area (Å²) in [5.74, 6) is 0.738. The third-order valence-corrected chi connectivity index (χ3v) is 3.89. The van der Waals surface area contributed by atoms with Gasteiger partial charge in [0.05, 0.1) is 0 Å². The maximum Gasteiger partial charge on any atom is 0.573 e. The van der Waals surface area contributed by atoms with Crippen LogP contribution in [0.1, 0.15) is 15.9 Å². The van der Waals surface area contributed by atoms with E-state index < -0.39 is 18.0 Å². The molecule has 2 heterocycles. The minimum atomic E-state index is -4.82. The smallest absolute Gasteiger partial charge is 0.406 e. The van der Waals surface area contributed by atoms with Crippen LogP contribution in [0.15, 0.2) is 55.0 Å². The average Bonchev–Trinajstić information content (AvgIpc) is 2.70. The third kappa shape index (κ3) is 7.14. The molecule has 0 bridgehead atoms. The monoisotopic (exact) mass is 432 g/mol. The summed E-state index contributed by atoms with van der Waals surface area (Å²) >= 11 is 0. The van der Waals surface area contributed by atoms with Gasteiger partial charge in [0.2, 0.25) is 0 Å². The van der Waals surface area contributed by atoms with Crippen LogP contribution < -0.4 is 20.7 Å². The highest BCUT2D eigenvalue weighted by molar-refractivity contribution is 5.94. The predicted octanol–water partition coefficient (Wildman–Crippen LogP) is 3.66. The highest BCUT2D eigenvalue weighted by Gasteiger charge is 2.31. The molecule has 3 N–H and O–H groups in total. The summed E-state index contributed by atoms with van der Waals surface area (Å²) < 4.78 is 40.7. The average molecular weight is 432 g/mol. The molecule has 2 aromatic heterocycles. The van der Waals surface area contributed by atoms with Gasteiger partial charge in [-0.3, -0.25) is 4.79 Å². The van der Waals surface area contributed by atoms with E-state index in [0.717, 1.165) is 17.7 Å². The molecule has 1 amide bonds. The molecule has 11 heteroatoms. The van der Waals surface area contributed by atoms with Gasteiger partial charge < -0.3 is 20.7 Å². The van der Waals surface area contributed by atoms with E-state index in [1.54, 1.807) is 12.3 Å². The fraction of sp³-hybridized carbons (Fsp3) is 0.200. The molecule has 0 saturated carbocycles. The zero-order valence-corrected chi connectivity index (χ0v) is 16.4. The van der Waals surface area contributed by atoms with Crippen LogP contribution in [0, 0.1) is 6.92 Å². The number of nitrogens with zero attached hydrogens (tertiary/aromatic N) is 3.